The summed E-state index contributed by atoms with van der Waals surface area (Å²) >= 11 is 1.86. The molecule has 0 fully saturated rings. The molecular formula is C54H31NS. The van der Waals surface area contributed by atoms with E-state index in [1.54, 1.807) is 0 Å². The lowest BCUT2D eigenvalue weighted by atomic mass is 9.85. The van der Waals surface area contributed by atoms with Crippen LogP contribution in [-0.2, 0) is 0 Å². The zero-order valence-corrected chi connectivity index (χ0v) is 31.1. The van der Waals surface area contributed by atoms with Crippen molar-refractivity contribution in [3.63, 3.8) is 0 Å². The Balaban J connectivity index is 1.25. The summed E-state index contributed by atoms with van der Waals surface area (Å²) in [5.41, 5.74) is 8.73. The van der Waals surface area contributed by atoms with Crippen molar-refractivity contribution >= 4 is 104 Å². The summed E-state index contributed by atoms with van der Waals surface area (Å²) in [7, 11) is 0. The molecule has 12 aromatic rings. The highest BCUT2D eigenvalue weighted by atomic mass is 32.2. The highest BCUT2D eigenvalue weighted by Crippen LogP contribution is 2.57. The van der Waals surface area contributed by atoms with E-state index in [9.17, 15) is 0 Å². The van der Waals surface area contributed by atoms with Gasteiger partial charge in [0.2, 0.25) is 0 Å². The lowest BCUT2D eigenvalue weighted by Gasteiger charge is -2.33. The van der Waals surface area contributed by atoms with Gasteiger partial charge in [0.05, 0.1) is 17.1 Å². The molecule has 0 amide bonds. The lowest BCUT2D eigenvalue weighted by Crippen LogP contribution is -2.15. The number of nitrogens with zero attached hydrogens (tertiary/aromatic N) is 1. The van der Waals surface area contributed by atoms with E-state index in [2.05, 4.69) is 193 Å². The predicted octanol–water partition coefficient (Wildman–Crippen LogP) is 15.9. The third-order valence-corrected chi connectivity index (χ3v) is 13.4. The minimum absolute atomic E-state index is 1.20. The Morgan fingerprint density at radius 3 is 1.36 bits per heavy atom. The van der Waals surface area contributed by atoms with Crippen LogP contribution in [0.2, 0.25) is 0 Å². The number of rotatable bonds is 3. The van der Waals surface area contributed by atoms with Crippen molar-refractivity contribution in [1.82, 2.24) is 0 Å². The first-order valence-corrected chi connectivity index (χ1v) is 20.2. The van der Waals surface area contributed by atoms with Crippen LogP contribution < -0.4 is 4.90 Å². The fraction of sp³-hybridized carbons (Fsp3) is 0. The Morgan fingerprint density at radius 1 is 0.286 bits per heavy atom. The van der Waals surface area contributed by atoms with Gasteiger partial charge in [-0.2, -0.15) is 0 Å². The smallest absolute Gasteiger partial charge is 0.0601 e. The minimum atomic E-state index is 1.20. The number of anilines is 3. The van der Waals surface area contributed by atoms with Crippen molar-refractivity contribution < 1.29 is 0 Å². The number of para-hydroxylation sites is 2. The molecule has 2 heteroatoms. The van der Waals surface area contributed by atoms with Gasteiger partial charge in [-0.15, -0.1) is 0 Å². The SMILES string of the molecule is c1ccc(-c2c3cc4c(cc3c(-c3ccccc3)c3c5ccc(N6c7ccccc7Sc7ccccc76)c6cccc(c23)c65)c2cccc3cccc4c32)cc1. The van der Waals surface area contributed by atoms with Crippen LogP contribution in [0.4, 0.5) is 17.1 Å². The first-order valence-electron chi connectivity index (χ1n) is 19.4. The lowest BCUT2D eigenvalue weighted by molar-refractivity contribution is 1.17. The van der Waals surface area contributed by atoms with Gasteiger partial charge in [0.1, 0.15) is 0 Å². The van der Waals surface area contributed by atoms with Crippen LogP contribution in [0.1, 0.15) is 0 Å². The second-order valence-electron chi connectivity index (χ2n) is 15.1. The maximum Gasteiger partial charge on any atom is 0.0601 e. The van der Waals surface area contributed by atoms with E-state index in [4.69, 9.17) is 0 Å². The van der Waals surface area contributed by atoms with E-state index in [-0.39, 0.29) is 0 Å². The maximum absolute atomic E-state index is 2.52. The Kier molecular flexibility index (Phi) is 6.16. The van der Waals surface area contributed by atoms with Gasteiger partial charge in [-0.1, -0.05) is 157 Å². The molecule has 13 rings (SSSR count). The highest BCUT2D eigenvalue weighted by molar-refractivity contribution is 7.99. The molecule has 12 aromatic carbocycles. The van der Waals surface area contributed by atoms with E-state index >= 15 is 0 Å². The molecule has 0 bridgehead atoms. The summed E-state index contributed by atoms with van der Waals surface area (Å²) in [6.45, 7) is 0. The van der Waals surface area contributed by atoms with E-state index in [0.29, 0.717) is 0 Å². The molecule has 0 saturated heterocycles. The van der Waals surface area contributed by atoms with Crippen LogP contribution in [0.5, 0.6) is 0 Å². The summed E-state index contributed by atoms with van der Waals surface area (Å²) in [6.07, 6.45) is 0. The zero-order chi connectivity index (χ0) is 36.5. The molecule has 0 spiro atoms. The van der Waals surface area contributed by atoms with Crippen LogP contribution in [0, 0.1) is 0 Å². The van der Waals surface area contributed by atoms with Crippen LogP contribution in [0.25, 0.3) is 97.7 Å². The van der Waals surface area contributed by atoms with Gasteiger partial charge in [-0.05, 0) is 135 Å². The van der Waals surface area contributed by atoms with Gasteiger partial charge in [-0.3, -0.25) is 0 Å². The molecule has 0 unspecified atom stereocenters. The van der Waals surface area contributed by atoms with E-state index in [1.165, 1.54) is 125 Å². The fourth-order valence-electron chi connectivity index (χ4n) is 10.1. The van der Waals surface area contributed by atoms with Crippen molar-refractivity contribution in [2.75, 3.05) is 4.90 Å². The Bertz CT molecular complexity index is 3360. The normalized spacial score (nSPS) is 12.9. The Labute approximate surface area is 327 Å². The highest BCUT2D eigenvalue weighted by Gasteiger charge is 2.29. The molecule has 1 nitrogen and oxygen atoms in total. The molecule has 1 heterocycles. The van der Waals surface area contributed by atoms with Crippen LogP contribution in [0.3, 0.4) is 0 Å². The molecule has 0 N–H and O–H groups in total. The molecule has 0 aliphatic carbocycles. The summed E-state index contributed by atoms with van der Waals surface area (Å²) in [4.78, 5) is 5.03. The second-order valence-corrected chi connectivity index (χ2v) is 16.2. The van der Waals surface area contributed by atoms with Crippen molar-refractivity contribution in [2.45, 2.75) is 9.79 Å². The first-order chi connectivity index (χ1) is 27.8. The summed E-state index contributed by atoms with van der Waals surface area (Å²) in [5.74, 6) is 0. The molecule has 0 saturated carbocycles. The molecular weight excluding hydrogens is 695 g/mol. The van der Waals surface area contributed by atoms with E-state index in [1.807, 2.05) is 11.8 Å². The minimum Gasteiger partial charge on any atom is -0.308 e. The van der Waals surface area contributed by atoms with Crippen LogP contribution in [0.15, 0.2) is 198 Å². The number of hydrogen-bond donors (Lipinski definition) is 0. The van der Waals surface area contributed by atoms with Crippen molar-refractivity contribution in [3.8, 4) is 22.3 Å². The summed E-state index contributed by atoms with van der Waals surface area (Å²) in [6, 6.07) is 70.2. The monoisotopic (exact) mass is 725 g/mol. The predicted molar refractivity (Wildman–Crippen MR) is 241 cm³/mol. The zero-order valence-electron chi connectivity index (χ0n) is 30.3. The average molecular weight is 726 g/mol. The molecule has 1 aliphatic rings. The molecule has 258 valence electrons. The van der Waals surface area contributed by atoms with Gasteiger partial charge in [0.15, 0.2) is 0 Å². The third kappa shape index (κ3) is 4.01. The average Bonchev–Trinajstić information content (AvgIpc) is 3.76. The van der Waals surface area contributed by atoms with Gasteiger partial charge in [0.25, 0.3) is 0 Å². The third-order valence-electron chi connectivity index (χ3n) is 12.3. The molecule has 0 aromatic heterocycles. The molecule has 1 aliphatic heterocycles. The quantitative estimate of drug-likeness (QED) is 0.178. The fourth-order valence-corrected chi connectivity index (χ4v) is 11.1. The number of benzene rings is 10. The van der Waals surface area contributed by atoms with Crippen molar-refractivity contribution in [1.29, 1.82) is 0 Å². The molecule has 0 atom stereocenters. The Morgan fingerprint density at radius 2 is 0.768 bits per heavy atom. The van der Waals surface area contributed by atoms with Gasteiger partial charge in [-0.25, -0.2) is 0 Å². The van der Waals surface area contributed by atoms with E-state index < -0.39 is 0 Å². The second kappa shape index (κ2) is 11.3. The standard InChI is InChI=1S/C54H31NS/c1-3-14-33(15-4-1)50-42-30-40-35-20-11-18-32-19-12-21-36(49(32)35)41(40)31-43(42)51(34-16-5-2-6-17-34)54-39-28-29-44(37-22-13-23-38(52(37)39)53(50)54)55-45-24-7-9-26-47(45)56-48-27-10-8-25-46(48)55/h1-31H. The van der Waals surface area contributed by atoms with Gasteiger partial charge in [0, 0.05) is 15.2 Å². The van der Waals surface area contributed by atoms with E-state index in [0.717, 1.165) is 0 Å². The van der Waals surface area contributed by atoms with Gasteiger partial charge < -0.3 is 4.90 Å². The molecule has 0 radical (unpaired) electrons. The number of fused-ring (bicyclic) bond motifs is 9. The van der Waals surface area contributed by atoms with Crippen molar-refractivity contribution in [2.24, 2.45) is 0 Å². The largest absolute Gasteiger partial charge is 0.308 e. The summed E-state index contributed by atoms with van der Waals surface area (Å²) < 4.78 is 0. The maximum atomic E-state index is 2.52. The van der Waals surface area contributed by atoms with Gasteiger partial charge >= 0.3 is 0 Å². The topological polar surface area (TPSA) is 3.24 Å². The first kappa shape index (κ1) is 30.5. The van der Waals surface area contributed by atoms with Crippen LogP contribution in [-0.4, -0.2) is 0 Å². The van der Waals surface area contributed by atoms with Crippen molar-refractivity contribution in [3.05, 3.63) is 188 Å². The summed E-state index contributed by atoms with van der Waals surface area (Å²) in [5, 5.41) is 18.3. The van der Waals surface area contributed by atoms with Crippen LogP contribution >= 0.6 is 11.8 Å². The molecule has 56 heavy (non-hydrogen) atoms. The number of hydrogen-bond acceptors (Lipinski definition) is 2. The Hall–Kier alpha value is -6.87.